The predicted octanol–water partition coefficient (Wildman–Crippen LogP) is 3.68. The molecule has 0 atom stereocenters. The van der Waals surface area contributed by atoms with Crippen molar-refractivity contribution in [1.82, 2.24) is 4.90 Å². The average molecular weight is 309 g/mol. The Labute approximate surface area is 135 Å². The molecule has 1 N–H and O–H groups in total. The van der Waals surface area contributed by atoms with Gasteiger partial charge in [-0.25, -0.2) is 4.79 Å². The first-order valence-corrected chi connectivity index (χ1v) is 7.89. The first-order valence-electron chi connectivity index (χ1n) is 7.89. The molecule has 0 aromatic heterocycles. The Hall–Kier alpha value is -2.62. The summed E-state index contributed by atoms with van der Waals surface area (Å²) in [6.07, 6.45) is 3.32. The molecule has 1 heterocycles. The first-order chi connectivity index (χ1) is 11.2. The zero-order valence-corrected chi connectivity index (χ0v) is 12.9. The van der Waals surface area contributed by atoms with Crippen LogP contribution in [0.3, 0.4) is 0 Å². The van der Waals surface area contributed by atoms with Gasteiger partial charge in [0.15, 0.2) is 0 Å². The summed E-state index contributed by atoms with van der Waals surface area (Å²) in [6.45, 7) is 1.64. The van der Waals surface area contributed by atoms with Crippen molar-refractivity contribution in [2.24, 2.45) is 0 Å². The largest absolute Gasteiger partial charge is 0.478 e. The van der Waals surface area contributed by atoms with Gasteiger partial charge in [-0.3, -0.25) is 4.79 Å². The molecule has 1 amide bonds. The number of carboxylic acid groups (broad SMARTS) is 1. The van der Waals surface area contributed by atoms with Crippen LogP contribution in [0.1, 0.15) is 40.0 Å². The molecule has 0 bridgehead atoms. The maximum absolute atomic E-state index is 12.5. The minimum atomic E-state index is -0.950. The van der Waals surface area contributed by atoms with Crippen LogP contribution in [0.15, 0.2) is 48.5 Å². The fraction of sp³-hybridized carbons (Fsp3) is 0.263. The number of carbonyl (C=O) groups excluding carboxylic acids is 1. The highest BCUT2D eigenvalue weighted by Gasteiger charge is 2.18. The molecule has 23 heavy (non-hydrogen) atoms. The van der Waals surface area contributed by atoms with E-state index in [0.29, 0.717) is 11.1 Å². The number of hydrogen-bond donors (Lipinski definition) is 1. The van der Waals surface area contributed by atoms with Gasteiger partial charge in [0, 0.05) is 18.7 Å². The number of carboxylic acids is 1. The van der Waals surface area contributed by atoms with Gasteiger partial charge in [-0.2, -0.15) is 0 Å². The number of amides is 1. The van der Waals surface area contributed by atoms with Gasteiger partial charge < -0.3 is 10.0 Å². The second-order valence-corrected chi connectivity index (χ2v) is 5.78. The molecule has 0 unspecified atom stereocenters. The zero-order chi connectivity index (χ0) is 16.2. The molecule has 1 fully saturated rings. The molecule has 0 aliphatic carbocycles. The van der Waals surface area contributed by atoms with Crippen molar-refractivity contribution in [3.05, 3.63) is 59.7 Å². The SMILES string of the molecule is O=C(O)c1ccccc1-c1ccc(C(=O)N2CCCCC2)cc1. The van der Waals surface area contributed by atoms with Crippen molar-refractivity contribution in [3.8, 4) is 11.1 Å². The van der Waals surface area contributed by atoms with Crippen LogP contribution in [0, 0.1) is 0 Å². The standard InChI is InChI=1S/C19H19NO3/c21-18(20-12-4-1-5-13-20)15-10-8-14(9-11-15)16-6-2-3-7-17(16)19(22)23/h2-3,6-11H,1,4-5,12-13H2,(H,22,23). The van der Waals surface area contributed by atoms with Gasteiger partial charge >= 0.3 is 5.97 Å². The van der Waals surface area contributed by atoms with Gasteiger partial charge in [-0.1, -0.05) is 30.3 Å². The molecule has 1 aliphatic rings. The summed E-state index contributed by atoms with van der Waals surface area (Å²) in [5.41, 5.74) is 2.39. The van der Waals surface area contributed by atoms with Gasteiger partial charge in [0.2, 0.25) is 0 Å². The third-order valence-corrected chi connectivity index (χ3v) is 4.24. The quantitative estimate of drug-likeness (QED) is 0.941. The highest BCUT2D eigenvalue weighted by molar-refractivity contribution is 5.97. The summed E-state index contributed by atoms with van der Waals surface area (Å²) in [7, 11) is 0. The van der Waals surface area contributed by atoms with Crippen LogP contribution >= 0.6 is 0 Å². The van der Waals surface area contributed by atoms with Crippen molar-refractivity contribution in [3.63, 3.8) is 0 Å². The molecule has 0 spiro atoms. The number of hydrogen-bond acceptors (Lipinski definition) is 2. The smallest absolute Gasteiger partial charge is 0.336 e. The third kappa shape index (κ3) is 3.26. The molecule has 118 valence electrons. The Morgan fingerprint density at radius 2 is 1.52 bits per heavy atom. The van der Waals surface area contributed by atoms with Gasteiger partial charge in [-0.05, 0) is 48.6 Å². The van der Waals surface area contributed by atoms with Gasteiger partial charge in [0.1, 0.15) is 0 Å². The Morgan fingerprint density at radius 1 is 0.870 bits per heavy atom. The molecule has 0 radical (unpaired) electrons. The van der Waals surface area contributed by atoms with Gasteiger partial charge in [-0.15, -0.1) is 0 Å². The normalized spacial score (nSPS) is 14.5. The molecule has 4 heteroatoms. The Kier molecular flexibility index (Phi) is 4.42. The number of likely N-dealkylation sites (tertiary alicyclic amines) is 1. The van der Waals surface area contributed by atoms with E-state index in [0.717, 1.165) is 31.5 Å². The van der Waals surface area contributed by atoms with Crippen molar-refractivity contribution < 1.29 is 14.7 Å². The average Bonchev–Trinajstić information content (AvgIpc) is 2.62. The minimum absolute atomic E-state index is 0.0581. The van der Waals surface area contributed by atoms with Crippen LogP contribution in [-0.4, -0.2) is 35.0 Å². The summed E-state index contributed by atoms with van der Waals surface area (Å²) in [4.78, 5) is 25.7. The van der Waals surface area contributed by atoms with E-state index in [1.165, 1.54) is 6.42 Å². The second kappa shape index (κ2) is 6.65. The van der Waals surface area contributed by atoms with E-state index in [1.54, 1.807) is 30.3 Å². The maximum atomic E-state index is 12.5. The lowest BCUT2D eigenvalue weighted by atomic mass is 9.98. The highest BCUT2D eigenvalue weighted by Crippen LogP contribution is 2.24. The predicted molar refractivity (Wildman–Crippen MR) is 88.6 cm³/mol. The molecule has 2 aromatic rings. The van der Waals surface area contributed by atoms with Crippen molar-refractivity contribution in [2.75, 3.05) is 13.1 Å². The summed E-state index contributed by atoms with van der Waals surface area (Å²) < 4.78 is 0. The number of nitrogens with zero attached hydrogens (tertiary/aromatic N) is 1. The lowest BCUT2D eigenvalue weighted by Gasteiger charge is -2.26. The van der Waals surface area contributed by atoms with E-state index in [4.69, 9.17) is 0 Å². The Bertz CT molecular complexity index is 716. The second-order valence-electron chi connectivity index (χ2n) is 5.78. The highest BCUT2D eigenvalue weighted by atomic mass is 16.4. The van der Waals surface area contributed by atoms with E-state index in [2.05, 4.69) is 0 Å². The Morgan fingerprint density at radius 3 is 2.17 bits per heavy atom. The molecule has 3 rings (SSSR count). The summed E-state index contributed by atoms with van der Waals surface area (Å²) >= 11 is 0. The van der Waals surface area contributed by atoms with E-state index in [1.807, 2.05) is 23.1 Å². The van der Waals surface area contributed by atoms with Crippen LogP contribution < -0.4 is 0 Å². The fourth-order valence-corrected chi connectivity index (χ4v) is 2.99. The number of benzene rings is 2. The molecule has 1 saturated heterocycles. The van der Waals surface area contributed by atoms with Crippen molar-refractivity contribution in [2.45, 2.75) is 19.3 Å². The van der Waals surface area contributed by atoms with Crippen LogP contribution in [-0.2, 0) is 0 Å². The number of aromatic carboxylic acids is 1. The van der Waals surface area contributed by atoms with Gasteiger partial charge in [0.05, 0.1) is 5.56 Å². The molecular formula is C19H19NO3. The van der Waals surface area contributed by atoms with Crippen molar-refractivity contribution >= 4 is 11.9 Å². The lowest BCUT2D eigenvalue weighted by Crippen LogP contribution is -2.35. The number of carbonyl (C=O) groups is 2. The van der Waals surface area contributed by atoms with E-state index >= 15 is 0 Å². The van der Waals surface area contributed by atoms with Gasteiger partial charge in [0.25, 0.3) is 5.91 Å². The number of rotatable bonds is 3. The first kappa shape index (κ1) is 15.3. The summed E-state index contributed by atoms with van der Waals surface area (Å²) in [5, 5.41) is 9.28. The Balaban J connectivity index is 1.85. The third-order valence-electron chi connectivity index (χ3n) is 4.24. The topological polar surface area (TPSA) is 57.6 Å². The van der Waals surface area contributed by atoms with E-state index in [9.17, 15) is 14.7 Å². The lowest BCUT2D eigenvalue weighted by molar-refractivity contribution is 0.0695. The molecule has 2 aromatic carbocycles. The summed E-state index contributed by atoms with van der Waals surface area (Å²) in [5.74, 6) is -0.892. The van der Waals surface area contributed by atoms with E-state index < -0.39 is 5.97 Å². The fourth-order valence-electron chi connectivity index (χ4n) is 2.99. The van der Waals surface area contributed by atoms with E-state index in [-0.39, 0.29) is 11.5 Å². The molecule has 1 aliphatic heterocycles. The van der Waals surface area contributed by atoms with Crippen LogP contribution in [0.25, 0.3) is 11.1 Å². The zero-order valence-electron chi connectivity index (χ0n) is 12.9. The van der Waals surface area contributed by atoms with Crippen LogP contribution in [0.4, 0.5) is 0 Å². The maximum Gasteiger partial charge on any atom is 0.336 e. The molecule has 4 nitrogen and oxygen atoms in total. The number of piperidine rings is 1. The van der Waals surface area contributed by atoms with Crippen LogP contribution in [0.2, 0.25) is 0 Å². The van der Waals surface area contributed by atoms with Crippen LogP contribution in [0.5, 0.6) is 0 Å². The van der Waals surface area contributed by atoms with Crippen molar-refractivity contribution in [1.29, 1.82) is 0 Å². The monoisotopic (exact) mass is 309 g/mol. The minimum Gasteiger partial charge on any atom is -0.478 e. The summed E-state index contributed by atoms with van der Waals surface area (Å²) in [6, 6.07) is 14.1. The molecule has 0 saturated carbocycles. The molecular weight excluding hydrogens is 290 g/mol.